The Morgan fingerprint density at radius 2 is 2.00 bits per heavy atom. The summed E-state index contributed by atoms with van der Waals surface area (Å²) < 4.78 is 37.1. The zero-order valence-corrected chi connectivity index (χ0v) is 5.65. The van der Waals surface area contributed by atoms with Crippen molar-refractivity contribution in [3.05, 3.63) is 0 Å². The van der Waals surface area contributed by atoms with Crippen LogP contribution in [0.15, 0.2) is 0 Å². The Hall–Kier alpha value is -0.780. The lowest BCUT2D eigenvalue weighted by Crippen LogP contribution is -2.16. The maximum Gasteiger partial charge on any atom is 0.522 e. The van der Waals surface area contributed by atoms with E-state index in [0.717, 1.165) is 0 Å². The van der Waals surface area contributed by atoms with Gasteiger partial charge in [0.05, 0.1) is 6.61 Å². The van der Waals surface area contributed by atoms with Crippen LogP contribution in [0.4, 0.5) is 13.2 Å². The molecule has 0 saturated heterocycles. The fraction of sp³-hybridized carbons (Fsp3) is 0.800. The van der Waals surface area contributed by atoms with Crippen LogP contribution in [0.2, 0.25) is 0 Å². The number of hydrogen-bond donors (Lipinski definition) is 1. The third-order valence-corrected chi connectivity index (χ3v) is 0.833. The van der Waals surface area contributed by atoms with Gasteiger partial charge in [-0.1, -0.05) is 0 Å². The summed E-state index contributed by atoms with van der Waals surface area (Å²) in [5.74, 6) is -0.629. The maximum atomic E-state index is 11.2. The fourth-order valence-electron chi connectivity index (χ4n) is 0.434. The summed E-state index contributed by atoms with van der Waals surface area (Å²) in [6, 6.07) is 0. The van der Waals surface area contributed by atoms with Crippen molar-refractivity contribution < 1.29 is 22.7 Å². The topological polar surface area (TPSA) is 52.3 Å². The summed E-state index contributed by atoms with van der Waals surface area (Å²) in [5, 5.41) is 0. The Balaban J connectivity index is 3.22. The largest absolute Gasteiger partial charge is 0.522 e. The Morgan fingerprint density at radius 1 is 1.45 bits per heavy atom. The van der Waals surface area contributed by atoms with Gasteiger partial charge in [-0.25, -0.2) is 0 Å². The van der Waals surface area contributed by atoms with Crippen molar-refractivity contribution in [2.45, 2.75) is 19.2 Å². The number of nitrogens with two attached hydrogens (primary N) is 1. The minimum Gasteiger partial charge on any atom is -0.370 e. The zero-order valence-electron chi connectivity index (χ0n) is 5.65. The third-order valence-electron chi connectivity index (χ3n) is 0.833. The predicted molar refractivity (Wildman–Crippen MR) is 30.4 cm³/mol. The van der Waals surface area contributed by atoms with E-state index in [9.17, 15) is 18.0 Å². The average Bonchev–Trinajstić information content (AvgIpc) is 1.78. The zero-order chi connectivity index (χ0) is 8.91. The van der Waals surface area contributed by atoms with E-state index in [1.54, 1.807) is 0 Å². The van der Waals surface area contributed by atoms with Crippen LogP contribution in [-0.2, 0) is 9.53 Å². The molecular formula is C5H8F3NO2. The van der Waals surface area contributed by atoms with Gasteiger partial charge in [0, 0.05) is 6.42 Å². The van der Waals surface area contributed by atoms with E-state index in [-0.39, 0.29) is 12.8 Å². The Kier molecular flexibility index (Phi) is 3.88. The first-order chi connectivity index (χ1) is 4.92. The molecule has 0 fully saturated rings. The van der Waals surface area contributed by atoms with Crippen molar-refractivity contribution in [1.29, 1.82) is 0 Å². The number of alkyl halides is 3. The summed E-state index contributed by atoms with van der Waals surface area (Å²) in [6.07, 6.45) is -4.71. The molecule has 0 unspecified atom stereocenters. The number of carbonyl (C=O) groups excluding carboxylic acids is 1. The van der Waals surface area contributed by atoms with Gasteiger partial charge in [-0.05, 0) is 6.42 Å². The molecule has 6 heteroatoms. The first-order valence-electron chi connectivity index (χ1n) is 2.91. The number of hydrogen-bond acceptors (Lipinski definition) is 2. The van der Waals surface area contributed by atoms with Crippen molar-refractivity contribution >= 4 is 5.91 Å². The van der Waals surface area contributed by atoms with Crippen molar-refractivity contribution in [3.63, 3.8) is 0 Å². The molecule has 0 aliphatic carbocycles. The normalized spacial score (nSPS) is 11.5. The summed E-state index contributed by atoms with van der Waals surface area (Å²) in [7, 11) is 0. The number of primary amides is 1. The highest BCUT2D eigenvalue weighted by molar-refractivity contribution is 5.73. The highest BCUT2D eigenvalue weighted by atomic mass is 19.4. The Morgan fingerprint density at radius 3 is 2.36 bits per heavy atom. The number of ether oxygens (including phenoxy) is 1. The van der Waals surface area contributed by atoms with Gasteiger partial charge in [0.15, 0.2) is 0 Å². The average molecular weight is 171 g/mol. The van der Waals surface area contributed by atoms with E-state index in [2.05, 4.69) is 10.5 Å². The van der Waals surface area contributed by atoms with Gasteiger partial charge in [0.25, 0.3) is 0 Å². The molecule has 0 spiro atoms. The van der Waals surface area contributed by atoms with Crippen molar-refractivity contribution in [2.24, 2.45) is 5.73 Å². The van der Waals surface area contributed by atoms with Crippen LogP contribution < -0.4 is 5.73 Å². The molecule has 11 heavy (non-hydrogen) atoms. The monoisotopic (exact) mass is 171 g/mol. The standard InChI is InChI=1S/C5H8F3NO2/c6-5(7,8)11-3-1-2-4(9)10/h1-3H2,(H2,9,10). The summed E-state index contributed by atoms with van der Waals surface area (Å²) in [5.41, 5.74) is 4.67. The number of amides is 1. The second-order valence-corrected chi connectivity index (χ2v) is 1.86. The molecular weight excluding hydrogens is 163 g/mol. The van der Waals surface area contributed by atoms with Crippen LogP contribution in [0.1, 0.15) is 12.8 Å². The molecule has 0 heterocycles. The molecule has 0 rings (SSSR count). The van der Waals surface area contributed by atoms with E-state index in [4.69, 9.17) is 0 Å². The molecule has 0 radical (unpaired) electrons. The fourth-order valence-corrected chi connectivity index (χ4v) is 0.434. The minimum atomic E-state index is -4.61. The van der Waals surface area contributed by atoms with Crippen molar-refractivity contribution in [2.75, 3.05) is 6.61 Å². The molecule has 0 aromatic heterocycles. The minimum absolute atomic E-state index is 0.00512. The van der Waals surface area contributed by atoms with Gasteiger partial charge >= 0.3 is 6.36 Å². The van der Waals surface area contributed by atoms with E-state index >= 15 is 0 Å². The van der Waals surface area contributed by atoms with Crippen molar-refractivity contribution in [3.8, 4) is 0 Å². The van der Waals surface area contributed by atoms with Crippen LogP contribution in [0.25, 0.3) is 0 Å². The smallest absolute Gasteiger partial charge is 0.370 e. The van der Waals surface area contributed by atoms with E-state index in [1.165, 1.54) is 0 Å². The number of rotatable bonds is 4. The van der Waals surface area contributed by atoms with Crippen LogP contribution >= 0.6 is 0 Å². The lowest BCUT2D eigenvalue weighted by molar-refractivity contribution is -0.324. The summed E-state index contributed by atoms with van der Waals surface area (Å²) in [6.45, 7) is -0.521. The second kappa shape index (κ2) is 4.17. The molecule has 0 aliphatic rings. The molecule has 0 aliphatic heterocycles. The maximum absolute atomic E-state index is 11.2. The lowest BCUT2D eigenvalue weighted by Gasteiger charge is -2.05. The molecule has 2 N–H and O–H groups in total. The molecule has 66 valence electrons. The van der Waals surface area contributed by atoms with Gasteiger partial charge in [-0.3, -0.25) is 9.53 Å². The first-order valence-corrected chi connectivity index (χ1v) is 2.91. The molecule has 0 saturated carbocycles. The molecule has 0 aromatic carbocycles. The van der Waals surface area contributed by atoms with Gasteiger partial charge in [0.2, 0.25) is 5.91 Å². The quantitative estimate of drug-likeness (QED) is 0.635. The molecule has 0 aromatic rings. The number of carbonyl (C=O) groups is 1. The highest BCUT2D eigenvalue weighted by Crippen LogP contribution is 2.16. The highest BCUT2D eigenvalue weighted by Gasteiger charge is 2.28. The Bertz CT molecular complexity index is 134. The lowest BCUT2D eigenvalue weighted by atomic mass is 10.3. The van der Waals surface area contributed by atoms with Crippen LogP contribution in [0, 0.1) is 0 Å². The summed E-state index contributed by atoms with van der Waals surface area (Å²) in [4.78, 5) is 10.0. The molecule has 0 atom stereocenters. The van der Waals surface area contributed by atoms with Gasteiger partial charge < -0.3 is 5.73 Å². The van der Waals surface area contributed by atoms with Crippen LogP contribution in [0.5, 0.6) is 0 Å². The van der Waals surface area contributed by atoms with Crippen LogP contribution in [-0.4, -0.2) is 18.9 Å². The third kappa shape index (κ3) is 9.22. The van der Waals surface area contributed by atoms with Gasteiger partial charge in [-0.2, -0.15) is 0 Å². The van der Waals surface area contributed by atoms with Crippen molar-refractivity contribution in [1.82, 2.24) is 0 Å². The van der Waals surface area contributed by atoms with E-state index in [0.29, 0.717) is 0 Å². The van der Waals surface area contributed by atoms with E-state index < -0.39 is 18.9 Å². The first kappa shape index (κ1) is 10.2. The molecule has 0 bridgehead atoms. The van der Waals surface area contributed by atoms with Crippen LogP contribution in [0.3, 0.4) is 0 Å². The molecule has 3 nitrogen and oxygen atoms in total. The van der Waals surface area contributed by atoms with E-state index in [1.807, 2.05) is 0 Å². The molecule has 1 amide bonds. The number of halogens is 3. The second-order valence-electron chi connectivity index (χ2n) is 1.86. The SMILES string of the molecule is NC(=O)CCCOC(F)(F)F. The predicted octanol–water partition coefficient (Wildman–Crippen LogP) is 0.788. The van der Waals surface area contributed by atoms with Gasteiger partial charge in [0.1, 0.15) is 0 Å². The Labute approximate surface area is 61.3 Å². The van der Waals surface area contributed by atoms with Gasteiger partial charge in [-0.15, -0.1) is 13.2 Å². The summed E-state index contributed by atoms with van der Waals surface area (Å²) >= 11 is 0.